The van der Waals surface area contributed by atoms with E-state index in [-0.39, 0.29) is 18.7 Å². The Balaban J connectivity index is 1.84. The largest absolute Gasteiger partial charge is 0.481 e. The third-order valence-corrected chi connectivity index (χ3v) is 14.1. The van der Waals surface area contributed by atoms with E-state index in [1.165, 1.54) is 44.6 Å². The molecule has 0 bridgehead atoms. The number of aliphatic hydroxyl groups excluding tert-OH is 4. The highest BCUT2D eigenvalue weighted by atomic mass is 31.3. The van der Waals surface area contributed by atoms with Crippen molar-refractivity contribution < 1.29 is 76.5 Å². The first-order valence-corrected chi connectivity index (χ1v) is 27.7. The van der Waals surface area contributed by atoms with Gasteiger partial charge in [0.1, 0.15) is 30.7 Å². The predicted octanol–water partition coefficient (Wildman–Crippen LogP) is 7.47. The summed E-state index contributed by atoms with van der Waals surface area (Å²) in [7, 11) is -10.9. The van der Waals surface area contributed by atoms with Crippen LogP contribution in [0.2, 0.25) is 0 Å². The molecular formula is C46H83N3O17P2. The molecule has 2 unspecified atom stereocenters. The van der Waals surface area contributed by atoms with E-state index in [4.69, 9.17) is 29.0 Å². The standard InChI is InChI=1S/C46H83N3O17P2/c1-4-5-6-7-16-21-26-37(50)38(51)27-22-17-14-19-23-28-41(52)61-32-36(64-42(53)29-24-18-13-11-9-8-10-12-15-20-25-35(2)3)33-62-67(57,58)66-68(59,60)63-34-39-43(54)44(55)45(65-39)49-31-30-40(47)48-46(49)56/h16,21,30-31,35-39,43-45,50-51,54-55H,4-15,17-20,22-29,32-34H2,1-3H3,(H,57,58)(H,59,60)(H2,47,48,56)/b21-16-/t36-,37-,38-,39-,43-,44-,45-/m1/s1. The number of carbonyl (C=O) groups excluding carboxylic acids is 2. The van der Waals surface area contributed by atoms with Gasteiger partial charge in [0, 0.05) is 19.0 Å². The van der Waals surface area contributed by atoms with Crippen LogP contribution in [0, 0.1) is 5.92 Å². The van der Waals surface area contributed by atoms with Gasteiger partial charge in [-0.2, -0.15) is 9.29 Å². The van der Waals surface area contributed by atoms with Gasteiger partial charge in [0.15, 0.2) is 12.3 Å². The molecule has 8 N–H and O–H groups in total. The number of phosphoric ester groups is 2. The molecule has 0 radical (unpaired) electrons. The summed E-state index contributed by atoms with van der Waals surface area (Å²) in [5, 5.41) is 41.4. The van der Waals surface area contributed by atoms with E-state index in [9.17, 15) is 53.7 Å². The molecule has 22 heteroatoms. The van der Waals surface area contributed by atoms with Crippen molar-refractivity contribution >= 4 is 33.4 Å². The van der Waals surface area contributed by atoms with Crippen molar-refractivity contribution in [2.75, 3.05) is 25.6 Å². The van der Waals surface area contributed by atoms with Crippen LogP contribution >= 0.6 is 15.6 Å². The normalized spacial score (nSPS) is 20.6. The zero-order chi connectivity index (χ0) is 50.4. The van der Waals surface area contributed by atoms with Crippen LogP contribution in [0.1, 0.15) is 181 Å². The molecule has 0 amide bonds. The van der Waals surface area contributed by atoms with Crippen molar-refractivity contribution in [1.82, 2.24) is 9.55 Å². The molecule has 394 valence electrons. The number of nitrogen functional groups attached to an aromatic ring is 1. The summed E-state index contributed by atoms with van der Waals surface area (Å²) < 4.78 is 56.6. The Hall–Kier alpha value is -2.58. The first-order valence-electron chi connectivity index (χ1n) is 24.7. The zero-order valence-corrected chi connectivity index (χ0v) is 42.3. The number of nitrogens with two attached hydrogens (primary N) is 1. The van der Waals surface area contributed by atoms with Crippen molar-refractivity contribution in [3.05, 3.63) is 34.9 Å². The summed E-state index contributed by atoms with van der Waals surface area (Å²) in [6, 6.07) is 1.24. The van der Waals surface area contributed by atoms with E-state index < -0.39 is 95.9 Å². The van der Waals surface area contributed by atoms with Crippen LogP contribution in [0.5, 0.6) is 0 Å². The fourth-order valence-electron chi connectivity index (χ4n) is 7.46. The van der Waals surface area contributed by atoms with Gasteiger partial charge in [-0.05, 0) is 50.5 Å². The highest BCUT2D eigenvalue weighted by Gasteiger charge is 2.46. The van der Waals surface area contributed by atoms with Gasteiger partial charge in [-0.25, -0.2) is 13.9 Å². The third kappa shape index (κ3) is 27.7. The molecule has 0 aromatic carbocycles. The Morgan fingerprint density at radius 1 is 0.779 bits per heavy atom. The number of aromatic nitrogens is 2. The lowest BCUT2D eigenvalue weighted by Crippen LogP contribution is -2.36. The highest BCUT2D eigenvalue weighted by Crippen LogP contribution is 2.60. The number of ether oxygens (including phenoxy) is 3. The van der Waals surface area contributed by atoms with E-state index in [1.807, 2.05) is 12.2 Å². The van der Waals surface area contributed by atoms with Gasteiger partial charge in [0.25, 0.3) is 0 Å². The molecule has 68 heavy (non-hydrogen) atoms. The zero-order valence-electron chi connectivity index (χ0n) is 40.6. The number of carbonyl (C=O) groups is 2. The number of aliphatic hydroxyl groups is 4. The molecule has 2 heterocycles. The van der Waals surface area contributed by atoms with E-state index in [0.29, 0.717) is 38.5 Å². The lowest BCUT2D eigenvalue weighted by molar-refractivity contribution is -0.161. The Kier molecular flexibility index (Phi) is 31.4. The molecule has 20 nitrogen and oxygen atoms in total. The van der Waals surface area contributed by atoms with E-state index in [1.54, 1.807) is 0 Å². The summed E-state index contributed by atoms with van der Waals surface area (Å²) in [6.07, 6.45) is 16.2. The maximum Gasteiger partial charge on any atom is 0.481 e. The molecule has 1 saturated heterocycles. The summed E-state index contributed by atoms with van der Waals surface area (Å²) in [4.78, 5) is 61.8. The second-order valence-corrected chi connectivity index (χ2v) is 21.1. The molecule has 0 saturated carbocycles. The second-order valence-electron chi connectivity index (χ2n) is 18.1. The Labute approximate surface area is 402 Å². The summed E-state index contributed by atoms with van der Waals surface area (Å²) in [6.45, 7) is 4.22. The SMILES string of the molecule is CCCCC/C=C\C[C@@H](O)[C@H](O)CCCCCCCC(=O)OC[C@H](COP(=O)(O)OP(=O)(O)OC[C@H]1O[C@@H](n2ccc(N)nc2=O)[C@H](O)[C@@H]1O)OC(=O)CCCCCCCCCCCCC(C)C. The summed E-state index contributed by atoms with van der Waals surface area (Å²) in [5.41, 5.74) is 4.57. The Morgan fingerprint density at radius 2 is 1.35 bits per heavy atom. The van der Waals surface area contributed by atoms with Crippen LogP contribution < -0.4 is 11.4 Å². The van der Waals surface area contributed by atoms with E-state index >= 15 is 0 Å². The number of esters is 2. The molecule has 1 aliphatic rings. The Morgan fingerprint density at radius 3 is 1.96 bits per heavy atom. The van der Waals surface area contributed by atoms with Crippen LogP contribution in [0.15, 0.2) is 29.2 Å². The first kappa shape index (κ1) is 61.5. The van der Waals surface area contributed by atoms with Crippen molar-refractivity contribution in [2.45, 2.75) is 218 Å². The van der Waals surface area contributed by atoms with Crippen molar-refractivity contribution in [2.24, 2.45) is 5.92 Å². The molecule has 1 fully saturated rings. The average Bonchev–Trinajstić information content (AvgIpc) is 3.55. The molecule has 1 aromatic heterocycles. The maximum atomic E-state index is 12.8. The number of allylic oxidation sites excluding steroid dienone is 1. The fraction of sp³-hybridized carbons (Fsp3) is 0.826. The predicted molar refractivity (Wildman–Crippen MR) is 255 cm³/mol. The van der Waals surface area contributed by atoms with Gasteiger partial charge in [-0.15, -0.1) is 0 Å². The maximum absolute atomic E-state index is 12.8. The van der Waals surface area contributed by atoms with Gasteiger partial charge in [0.2, 0.25) is 0 Å². The topological polar surface area (TPSA) is 306 Å². The first-order chi connectivity index (χ1) is 32.3. The van der Waals surface area contributed by atoms with Gasteiger partial charge in [-0.1, -0.05) is 136 Å². The second kappa shape index (κ2) is 34.7. The lowest BCUT2D eigenvalue weighted by atomic mass is 10.0. The lowest BCUT2D eigenvalue weighted by Gasteiger charge is -2.21. The van der Waals surface area contributed by atoms with Crippen LogP contribution in [-0.2, 0) is 46.3 Å². The van der Waals surface area contributed by atoms with Gasteiger partial charge < -0.3 is 50.2 Å². The van der Waals surface area contributed by atoms with Crippen molar-refractivity contribution in [3.63, 3.8) is 0 Å². The number of rotatable bonds is 40. The minimum absolute atomic E-state index is 0.0214. The smallest absolute Gasteiger partial charge is 0.462 e. The number of anilines is 1. The molecule has 2 rings (SSSR count). The number of phosphoric acid groups is 2. The number of hydrogen-bond donors (Lipinski definition) is 7. The van der Waals surface area contributed by atoms with Gasteiger partial charge >= 0.3 is 33.3 Å². The quantitative estimate of drug-likeness (QED) is 0.0145. The molecule has 0 aliphatic carbocycles. The molecule has 9 atom stereocenters. The summed E-state index contributed by atoms with van der Waals surface area (Å²) >= 11 is 0. The van der Waals surface area contributed by atoms with Crippen LogP contribution in [0.4, 0.5) is 5.82 Å². The monoisotopic (exact) mass is 1010 g/mol. The van der Waals surface area contributed by atoms with Crippen molar-refractivity contribution in [1.29, 1.82) is 0 Å². The Bertz CT molecular complexity index is 1740. The van der Waals surface area contributed by atoms with Gasteiger partial charge in [-0.3, -0.25) is 23.2 Å². The molecule has 0 spiro atoms. The minimum atomic E-state index is -5.45. The van der Waals surface area contributed by atoms with Crippen LogP contribution in [-0.4, -0.2) is 108 Å². The number of nitrogens with zero attached hydrogens (tertiary/aromatic N) is 2. The third-order valence-electron chi connectivity index (χ3n) is 11.5. The minimum Gasteiger partial charge on any atom is -0.462 e. The molecule has 1 aliphatic heterocycles. The van der Waals surface area contributed by atoms with Crippen molar-refractivity contribution in [3.8, 4) is 0 Å². The summed E-state index contributed by atoms with van der Waals surface area (Å²) in [5.74, 6) is -0.675. The van der Waals surface area contributed by atoms with E-state index in [0.717, 1.165) is 80.9 Å². The van der Waals surface area contributed by atoms with Crippen LogP contribution in [0.25, 0.3) is 0 Å². The average molecular weight is 1010 g/mol. The molecular weight excluding hydrogens is 928 g/mol. The fourth-order valence-corrected chi connectivity index (χ4v) is 9.57. The van der Waals surface area contributed by atoms with Crippen LogP contribution in [0.3, 0.4) is 0 Å². The van der Waals surface area contributed by atoms with E-state index in [2.05, 4.69) is 30.1 Å². The molecule has 1 aromatic rings. The number of unbranched alkanes of at least 4 members (excludes halogenated alkanes) is 16. The number of hydrogen-bond acceptors (Lipinski definition) is 17. The highest BCUT2D eigenvalue weighted by molar-refractivity contribution is 7.61. The van der Waals surface area contributed by atoms with Gasteiger partial charge in [0.05, 0.1) is 25.4 Å².